The fraction of sp³-hybridized carbons (Fsp3) is 0.417. The van der Waals surface area contributed by atoms with Gasteiger partial charge < -0.3 is 5.53 Å². The molecule has 1 aliphatic rings. The normalized spacial score (nSPS) is 17.9. The Bertz CT molecular complexity index is 362. The molecule has 14 heavy (non-hydrogen) atoms. The van der Waals surface area contributed by atoms with Crippen molar-refractivity contribution >= 4 is 5.71 Å². The molecule has 0 saturated carbocycles. The fourth-order valence-corrected chi connectivity index (χ4v) is 1.79. The van der Waals surface area contributed by atoms with E-state index in [9.17, 15) is 0 Å². The maximum absolute atomic E-state index is 8.77. The lowest BCUT2D eigenvalue weighted by Crippen LogP contribution is -2.06. The Morgan fingerprint density at radius 3 is 2.57 bits per heavy atom. The molecule has 0 heterocycles. The van der Waals surface area contributed by atoms with Crippen molar-refractivity contribution in [2.24, 2.45) is 5.92 Å². The number of fused-ring (bicyclic) bond motifs is 1. The van der Waals surface area contributed by atoms with E-state index < -0.39 is 0 Å². The number of benzene rings is 1. The second kappa shape index (κ2) is 4.73. The van der Waals surface area contributed by atoms with Crippen molar-refractivity contribution in [2.45, 2.75) is 27.2 Å². The second-order valence-electron chi connectivity index (χ2n) is 3.25. The van der Waals surface area contributed by atoms with Crippen LogP contribution in [0.1, 0.15) is 31.9 Å². The summed E-state index contributed by atoms with van der Waals surface area (Å²) >= 11 is 0. The molecule has 1 aromatic carbocycles. The van der Waals surface area contributed by atoms with E-state index in [0.717, 1.165) is 17.7 Å². The summed E-state index contributed by atoms with van der Waals surface area (Å²) in [6, 6.07) is 8.09. The van der Waals surface area contributed by atoms with Crippen molar-refractivity contribution < 1.29 is 4.79 Å². The molecule has 1 atom stereocenters. The van der Waals surface area contributed by atoms with Gasteiger partial charge in [-0.3, -0.25) is 0 Å². The molecule has 1 aliphatic carbocycles. The van der Waals surface area contributed by atoms with Gasteiger partial charge in [-0.1, -0.05) is 39.0 Å². The predicted octanol–water partition coefficient (Wildman–Crippen LogP) is 2.92. The zero-order valence-corrected chi connectivity index (χ0v) is 8.99. The van der Waals surface area contributed by atoms with E-state index in [1.807, 2.05) is 32.0 Å². The zero-order chi connectivity index (χ0) is 10.6. The Hall–Kier alpha value is -1.40. The summed E-state index contributed by atoms with van der Waals surface area (Å²) in [7, 11) is 0. The Kier molecular flexibility index (Phi) is 3.61. The van der Waals surface area contributed by atoms with E-state index in [2.05, 4.69) is 17.8 Å². The van der Waals surface area contributed by atoms with E-state index in [1.54, 1.807) is 0 Å². The average molecular weight is 188 g/mol. The van der Waals surface area contributed by atoms with Crippen molar-refractivity contribution in [1.29, 1.82) is 0 Å². The van der Waals surface area contributed by atoms with E-state index in [4.69, 9.17) is 5.53 Å². The minimum absolute atomic E-state index is 0.354. The summed E-state index contributed by atoms with van der Waals surface area (Å²) in [6.45, 7) is 6.08. The Morgan fingerprint density at radius 1 is 1.29 bits per heavy atom. The monoisotopic (exact) mass is 188 g/mol. The summed E-state index contributed by atoms with van der Waals surface area (Å²) in [5.41, 5.74) is 12.0. The first-order valence-electron chi connectivity index (χ1n) is 5.13. The Morgan fingerprint density at radius 2 is 1.93 bits per heavy atom. The summed E-state index contributed by atoms with van der Waals surface area (Å²) in [5, 5.41) is 0. The smallest absolute Gasteiger partial charge is 0.302 e. The largest absolute Gasteiger partial charge is 0.361 e. The summed E-state index contributed by atoms with van der Waals surface area (Å²) in [6.07, 6.45) is 0.996. The molecule has 74 valence electrons. The van der Waals surface area contributed by atoms with Crippen LogP contribution in [0.4, 0.5) is 0 Å². The van der Waals surface area contributed by atoms with E-state index in [1.165, 1.54) is 5.56 Å². The molecule has 0 N–H and O–H groups in total. The molecular formula is C12H16N2. The molecule has 1 unspecified atom stereocenters. The highest BCUT2D eigenvalue weighted by molar-refractivity contribution is 6.02. The summed E-state index contributed by atoms with van der Waals surface area (Å²) in [4.78, 5) is 3.33. The molecule has 0 amide bonds. The van der Waals surface area contributed by atoms with Crippen LogP contribution in [-0.4, -0.2) is 10.5 Å². The van der Waals surface area contributed by atoms with Gasteiger partial charge >= 0.3 is 5.71 Å². The van der Waals surface area contributed by atoms with E-state index in [-0.39, 0.29) is 0 Å². The maximum Gasteiger partial charge on any atom is 0.302 e. The lowest BCUT2D eigenvalue weighted by Gasteiger charge is -1.90. The summed E-state index contributed by atoms with van der Waals surface area (Å²) < 4.78 is 0. The van der Waals surface area contributed by atoms with Crippen LogP contribution in [0.25, 0.3) is 5.53 Å². The van der Waals surface area contributed by atoms with Gasteiger partial charge in [-0.15, -0.1) is 0 Å². The molecular weight excluding hydrogens is 172 g/mol. The van der Waals surface area contributed by atoms with Gasteiger partial charge in [-0.2, -0.15) is 4.79 Å². The topological polar surface area (TPSA) is 36.4 Å². The molecule has 0 bridgehead atoms. The van der Waals surface area contributed by atoms with Gasteiger partial charge in [-0.25, -0.2) is 0 Å². The third kappa shape index (κ3) is 1.75. The molecule has 0 aliphatic heterocycles. The number of rotatable bonds is 0. The number of hydrogen-bond donors (Lipinski definition) is 0. The van der Waals surface area contributed by atoms with Crippen molar-refractivity contribution in [1.82, 2.24) is 0 Å². The quantitative estimate of drug-likeness (QED) is 0.443. The third-order valence-corrected chi connectivity index (χ3v) is 2.39. The fourth-order valence-electron chi connectivity index (χ4n) is 1.79. The second-order valence-corrected chi connectivity index (χ2v) is 3.25. The molecule has 2 nitrogen and oxygen atoms in total. The van der Waals surface area contributed by atoms with Crippen molar-refractivity contribution in [3.63, 3.8) is 0 Å². The van der Waals surface area contributed by atoms with Crippen LogP contribution in [0.5, 0.6) is 0 Å². The molecule has 0 fully saturated rings. The molecule has 2 rings (SSSR count). The summed E-state index contributed by atoms with van der Waals surface area (Å²) in [5.74, 6) is 0.354. The van der Waals surface area contributed by atoms with Crippen LogP contribution in [0.2, 0.25) is 0 Å². The highest BCUT2D eigenvalue weighted by Gasteiger charge is 2.30. The molecule has 0 spiro atoms. The minimum atomic E-state index is 0.354. The average Bonchev–Trinajstić information content (AvgIpc) is 2.56. The van der Waals surface area contributed by atoms with Gasteiger partial charge in [0, 0.05) is 0 Å². The third-order valence-electron chi connectivity index (χ3n) is 2.39. The van der Waals surface area contributed by atoms with Crippen LogP contribution >= 0.6 is 0 Å². The minimum Gasteiger partial charge on any atom is -0.361 e. The van der Waals surface area contributed by atoms with E-state index >= 15 is 0 Å². The first-order chi connectivity index (χ1) is 6.83. The lowest BCUT2D eigenvalue weighted by molar-refractivity contribution is -0.00960. The van der Waals surface area contributed by atoms with Crippen molar-refractivity contribution in [3.8, 4) is 0 Å². The van der Waals surface area contributed by atoms with Crippen LogP contribution in [0.3, 0.4) is 0 Å². The van der Waals surface area contributed by atoms with Gasteiger partial charge in [0.2, 0.25) is 0 Å². The van der Waals surface area contributed by atoms with Crippen LogP contribution in [0.15, 0.2) is 24.3 Å². The highest BCUT2D eigenvalue weighted by atomic mass is 14.9. The molecule has 0 radical (unpaired) electrons. The van der Waals surface area contributed by atoms with Gasteiger partial charge in [0.05, 0.1) is 11.5 Å². The molecule has 1 aromatic rings. The predicted molar refractivity (Wildman–Crippen MR) is 58.4 cm³/mol. The SMILES string of the molecule is CC.CC1Cc2ccccc2C1=[N+]=[N-]. The van der Waals surface area contributed by atoms with Crippen molar-refractivity contribution in [3.05, 3.63) is 40.9 Å². The van der Waals surface area contributed by atoms with Gasteiger partial charge in [-0.05, 0) is 18.1 Å². The van der Waals surface area contributed by atoms with E-state index in [0.29, 0.717) is 5.92 Å². The van der Waals surface area contributed by atoms with Gasteiger partial charge in [0.25, 0.3) is 0 Å². The number of hydrogen-bond acceptors (Lipinski definition) is 0. The zero-order valence-electron chi connectivity index (χ0n) is 8.99. The lowest BCUT2D eigenvalue weighted by atomic mass is 10.1. The van der Waals surface area contributed by atoms with Gasteiger partial charge in [0.1, 0.15) is 0 Å². The van der Waals surface area contributed by atoms with Crippen molar-refractivity contribution in [2.75, 3.05) is 0 Å². The highest BCUT2D eigenvalue weighted by Crippen LogP contribution is 2.25. The maximum atomic E-state index is 8.77. The van der Waals surface area contributed by atoms with Crippen LogP contribution < -0.4 is 0 Å². The number of nitrogens with zero attached hydrogens (tertiary/aromatic N) is 2. The first-order valence-corrected chi connectivity index (χ1v) is 5.13. The molecule has 0 aromatic heterocycles. The van der Waals surface area contributed by atoms with Gasteiger partial charge in [0.15, 0.2) is 0 Å². The standard InChI is InChI=1S/C10H10N2.C2H6/c1-7-6-8-4-2-3-5-9(8)10(7)12-11;1-2/h2-5,7H,6H2,1H3;1-2H3. The molecule has 2 heteroatoms. The van der Waals surface area contributed by atoms with Crippen LogP contribution in [-0.2, 0) is 6.42 Å². The Balaban J connectivity index is 0.000000461. The Labute approximate surface area is 85.2 Å². The molecule has 0 saturated heterocycles. The first kappa shape index (κ1) is 10.7. The van der Waals surface area contributed by atoms with Crippen LogP contribution in [0, 0.1) is 5.92 Å².